The van der Waals surface area contributed by atoms with Gasteiger partial charge in [-0.1, -0.05) is 53.3 Å². The van der Waals surface area contributed by atoms with E-state index in [0.29, 0.717) is 31.2 Å². The lowest BCUT2D eigenvalue weighted by Crippen LogP contribution is -2.40. The first-order valence-electron chi connectivity index (χ1n) is 9.60. The molecule has 0 saturated carbocycles. The van der Waals surface area contributed by atoms with Crippen molar-refractivity contribution < 1.29 is 9.53 Å². The molecule has 0 unspecified atom stereocenters. The van der Waals surface area contributed by atoms with Crippen molar-refractivity contribution >= 4 is 57.6 Å². The molecule has 1 aliphatic rings. The number of esters is 1. The van der Waals surface area contributed by atoms with Crippen LogP contribution in [-0.4, -0.2) is 17.1 Å². The molecule has 0 aliphatic carbocycles. The zero-order chi connectivity index (χ0) is 22.1. The Bertz CT molecular complexity index is 1370. The first-order valence-corrected chi connectivity index (χ1v) is 11.9. The molecule has 4 rings (SSSR count). The van der Waals surface area contributed by atoms with E-state index in [1.54, 1.807) is 24.5 Å². The van der Waals surface area contributed by atoms with Gasteiger partial charge in [-0.3, -0.25) is 9.36 Å². The van der Waals surface area contributed by atoms with E-state index in [1.807, 2.05) is 48.5 Å². The Hall–Kier alpha value is -2.23. The van der Waals surface area contributed by atoms with Crippen LogP contribution < -0.4 is 14.9 Å². The third-order valence-electron chi connectivity index (χ3n) is 4.88. The Kier molecular flexibility index (Phi) is 6.45. The van der Waals surface area contributed by atoms with Crippen molar-refractivity contribution in [1.29, 1.82) is 0 Å². The van der Waals surface area contributed by atoms with Gasteiger partial charge in [-0.2, -0.15) is 0 Å². The number of allylic oxidation sites excluding steroid dienone is 1. The summed E-state index contributed by atoms with van der Waals surface area (Å²) in [5, 5.41) is 0.469. The van der Waals surface area contributed by atoms with Crippen LogP contribution in [0.3, 0.4) is 0 Å². The fraction of sp³-hybridized carbons (Fsp3) is 0.174. The second-order valence-electron chi connectivity index (χ2n) is 6.88. The van der Waals surface area contributed by atoms with Gasteiger partial charge in [0.1, 0.15) is 6.04 Å². The number of nitrogens with zero attached hydrogens (tertiary/aromatic N) is 2. The predicted molar refractivity (Wildman–Crippen MR) is 131 cm³/mol. The average Bonchev–Trinajstić information content (AvgIpc) is 3.04. The molecule has 2 heterocycles. The second-order valence-corrected chi connectivity index (χ2v) is 9.54. The van der Waals surface area contributed by atoms with Crippen LogP contribution in [0.5, 0.6) is 0 Å². The summed E-state index contributed by atoms with van der Waals surface area (Å²) in [6.45, 7) is 3.73. The summed E-state index contributed by atoms with van der Waals surface area (Å²) in [6, 6.07) is 14.4. The second kappa shape index (κ2) is 9.10. The minimum Gasteiger partial charge on any atom is -0.463 e. The molecule has 1 atom stereocenters. The first-order chi connectivity index (χ1) is 14.9. The Morgan fingerprint density at radius 1 is 1.26 bits per heavy atom. The Morgan fingerprint density at radius 3 is 2.65 bits per heavy atom. The predicted octanol–water partition coefficient (Wildman–Crippen LogP) is 4.06. The number of ether oxygens (including phenoxy) is 1. The van der Waals surface area contributed by atoms with Gasteiger partial charge in [-0.25, -0.2) is 9.79 Å². The summed E-state index contributed by atoms with van der Waals surface area (Å²) in [6.07, 6.45) is 1.84. The highest BCUT2D eigenvalue weighted by Gasteiger charge is 2.34. The highest BCUT2D eigenvalue weighted by molar-refractivity contribution is 14.1. The van der Waals surface area contributed by atoms with E-state index in [0.717, 1.165) is 9.13 Å². The van der Waals surface area contributed by atoms with E-state index in [2.05, 4.69) is 27.6 Å². The standard InChI is InChI=1S/C23H18ClIN2O3S/c1-3-30-22(29)19-13(2)26-23-27(20(19)16-6-4-5-7-17(16)24)21(28)18(31-23)12-14-8-10-15(25)11-9-14/h4-12,20H,3H2,1-2H3/b18-12-/t20-/m1/s1. The molecule has 1 aliphatic heterocycles. The SMILES string of the molecule is CCOC(=O)C1=C(C)N=c2s/c(=C\c3ccc(I)cc3)c(=O)n2[C@@H]1c1ccccc1Cl. The summed E-state index contributed by atoms with van der Waals surface area (Å²) in [5.74, 6) is -0.499. The van der Waals surface area contributed by atoms with Crippen molar-refractivity contribution in [3.63, 3.8) is 0 Å². The topological polar surface area (TPSA) is 60.7 Å². The van der Waals surface area contributed by atoms with Crippen LogP contribution in [0.2, 0.25) is 5.02 Å². The quantitative estimate of drug-likeness (QED) is 0.355. The van der Waals surface area contributed by atoms with Crippen LogP contribution >= 0.6 is 45.5 Å². The molecule has 0 spiro atoms. The van der Waals surface area contributed by atoms with E-state index < -0.39 is 12.0 Å². The molecule has 0 radical (unpaired) electrons. The molecule has 0 fully saturated rings. The Balaban J connectivity index is 1.97. The summed E-state index contributed by atoms with van der Waals surface area (Å²) in [7, 11) is 0. The van der Waals surface area contributed by atoms with Gasteiger partial charge in [-0.05, 0) is 71.8 Å². The Labute approximate surface area is 201 Å². The molecule has 0 saturated heterocycles. The molecule has 8 heteroatoms. The molecule has 3 aromatic rings. The largest absolute Gasteiger partial charge is 0.463 e. The fourth-order valence-corrected chi connectivity index (χ4v) is 5.14. The van der Waals surface area contributed by atoms with Gasteiger partial charge in [0.25, 0.3) is 5.56 Å². The number of benzene rings is 2. The van der Waals surface area contributed by atoms with Crippen molar-refractivity contribution in [2.24, 2.45) is 4.99 Å². The number of carbonyl (C=O) groups is 1. The highest BCUT2D eigenvalue weighted by Crippen LogP contribution is 2.34. The monoisotopic (exact) mass is 564 g/mol. The number of hydrogen-bond donors (Lipinski definition) is 0. The van der Waals surface area contributed by atoms with Gasteiger partial charge in [0.2, 0.25) is 0 Å². The van der Waals surface area contributed by atoms with Gasteiger partial charge in [0.15, 0.2) is 4.80 Å². The van der Waals surface area contributed by atoms with E-state index in [9.17, 15) is 9.59 Å². The molecular formula is C23H18ClIN2O3S. The van der Waals surface area contributed by atoms with Crippen molar-refractivity contribution in [2.75, 3.05) is 6.61 Å². The van der Waals surface area contributed by atoms with Gasteiger partial charge >= 0.3 is 5.97 Å². The number of halogens is 2. The number of carbonyl (C=O) groups excluding carboxylic acids is 1. The highest BCUT2D eigenvalue weighted by atomic mass is 127. The molecule has 31 heavy (non-hydrogen) atoms. The lowest BCUT2D eigenvalue weighted by Gasteiger charge is -2.25. The zero-order valence-electron chi connectivity index (χ0n) is 16.8. The summed E-state index contributed by atoms with van der Waals surface area (Å²) in [5.41, 5.74) is 2.19. The zero-order valence-corrected chi connectivity index (χ0v) is 20.5. The summed E-state index contributed by atoms with van der Waals surface area (Å²) in [4.78, 5) is 31.4. The maximum atomic E-state index is 13.5. The lowest BCUT2D eigenvalue weighted by atomic mass is 9.96. The lowest BCUT2D eigenvalue weighted by molar-refractivity contribution is -0.139. The maximum absolute atomic E-state index is 13.5. The van der Waals surface area contributed by atoms with Crippen LogP contribution in [0, 0.1) is 3.57 Å². The molecule has 5 nitrogen and oxygen atoms in total. The summed E-state index contributed by atoms with van der Waals surface area (Å²) < 4.78 is 8.49. The molecule has 0 N–H and O–H groups in total. The molecule has 1 aromatic heterocycles. The molecule has 2 aromatic carbocycles. The number of fused-ring (bicyclic) bond motifs is 1. The van der Waals surface area contributed by atoms with Crippen LogP contribution in [0.1, 0.15) is 31.0 Å². The number of thiazole rings is 1. The third kappa shape index (κ3) is 4.26. The van der Waals surface area contributed by atoms with E-state index in [-0.39, 0.29) is 12.2 Å². The third-order valence-corrected chi connectivity index (χ3v) is 6.93. The smallest absolute Gasteiger partial charge is 0.338 e. The molecular weight excluding hydrogens is 547 g/mol. The molecule has 0 bridgehead atoms. The van der Waals surface area contributed by atoms with Gasteiger partial charge in [0, 0.05) is 8.59 Å². The maximum Gasteiger partial charge on any atom is 0.338 e. The van der Waals surface area contributed by atoms with E-state index in [1.165, 1.54) is 11.3 Å². The number of rotatable bonds is 4. The van der Waals surface area contributed by atoms with Crippen molar-refractivity contribution in [2.45, 2.75) is 19.9 Å². The molecule has 158 valence electrons. The van der Waals surface area contributed by atoms with E-state index in [4.69, 9.17) is 16.3 Å². The van der Waals surface area contributed by atoms with Gasteiger partial charge in [0.05, 0.1) is 22.4 Å². The van der Waals surface area contributed by atoms with Crippen LogP contribution in [-0.2, 0) is 9.53 Å². The van der Waals surface area contributed by atoms with E-state index >= 15 is 0 Å². The van der Waals surface area contributed by atoms with Crippen molar-refractivity contribution in [1.82, 2.24) is 4.57 Å². The minimum absolute atomic E-state index is 0.221. The normalized spacial score (nSPS) is 16.1. The van der Waals surface area contributed by atoms with Crippen LogP contribution in [0.25, 0.3) is 6.08 Å². The first kappa shape index (κ1) is 22.0. The van der Waals surface area contributed by atoms with Gasteiger partial charge in [-0.15, -0.1) is 0 Å². The van der Waals surface area contributed by atoms with Crippen molar-refractivity contribution in [3.8, 4) is 0 Å². The van der Waals surface area contributed by atoms with Crippen LogP contribution in [0.15, 0.2) is 69.6 Å². The Morgan fingerprint density at radius 2 is 1.97 bits per heavy atom. The fourth-order valence-electron chi connectivity index (χ4n) is 3.49. The van der Waals surface area contributed by atoms with Crippen LogP contribution in [0.4, 0.5) is 0 Å². The molecule has 0 amide bonds. The number of hydrogen-bond acceptors (Lipinski definition) is 5. The van der Waals surface area contributed by atoms with Gasteiger partial charge < -0.3 is 4.74 Å². The number of aromatic nitrogens is 1. The minimum atomic E-state index is -0.706. The average molecular weight is 565 g/mol. The van der Waals surface area contributed by atoms with Crippen molar-refractivity contribution in [3.05, 3.63) is 99.2 Å². The summed E-state index contributed by atoms with van der Waals surface area (Å²) >= 11 is 10.0.